The SMILES string of the molecule is C(=C1/CCC[C@@H]2C1=NN(c1nc(-c3ccccc3)cs1)[C@H]2c1ccccc1)/c1ccccc1. The first-order chi connectivity index (χ1) is 16.4. The number of hydrogen-bond acceptors (Lipinski definition) is 4. The number of allylic oxidation sites excluding steroid dienone is 1. The second-order valence-corrected chi connectivity index (χ2v) is 9.48. The van der Waals surface area contributed by atoms with Gasteiger partial charge in [-0.1, -0.05) is 91.0 Å². The Balaban J connectivity index is 1.43. The monoisotopic (exact) mass is 447 g/mol. The molecule has 1 aliphatic carbocycles. The van der Waals surface area contributed by atoms with Crippen LogP contribution in [0.4, 0.5) is 5.13 Å². The van der Waals surface area contributed by atoms with E-state index < -0.39 is 0 Å². The molecule has 0 spiro atoms. The van der Waals surface area contributed by atoms with Gasteiger partial charge >= 0.3 is 0 Å². The summed E-state index contributed by atoms with van der Waals surface area (Å²) in [6.07, 6.45) is 5.74. The minimum atomic E-state index is 0.176. The molecule has 33 heavy (non-hydrogen) atoms. The number of hydrogen-bond donors (Lipinski definition) is 0. The molecular weight excluding hydrogens is 422 g/mol. The third kappa shape index (κ3) is 3.91. The van der Waals surface area contributed by atoms with Crippen molar-refractivity contribution in [1.82, 2.24) is 4.98 Å². The molecule has 1 aliphatic heterocycles. The van der Waals surface area contributed by atoms with Crippen LogP contribution in [0.15, 0.2) is 107 Å². The third-order valence-electron chi connectivity index (χ3n) is 6.54. The molecule has 0 unspecified atom stereocenters. The summed E-state index contributed by atoms with van der Waals surface area (Å²) in [5, 5.41) is 10.6. The molecule has 6 rings (SSSR count). The van der Waals surface area contributed by atoms with E-state index in [1.807, 2.05) is 6.07 Å². The summed E-state index contributed by atoms with van der Waals surface area (Å²) in [5.41, 5.74) is 7.30. The average Bonchev–Trinajstić information content (AvgIpc) is 3.52. The summed E-state index contributed by atoms with van der Waals surface area (Å²) in [6.45, 7) is 0. The minimum Gasteiger partial charge on any atom is -0.231 e. The summed E-state index contributed by atoms with van der Waals surface area (Å²) >= 11 is 1.68. The number of aromatic nitrogens is 1. The second-order valence-electron chi connectivity index (χ2n) is 8.65. The number of thiazole rings is 1. The van der Waals surface area contributed by atoms with E-state index in [0.717, 1.165) is 29.2 Å². The predicted octanol–water partition coefficient (Wildman–Crippen LogP) is 7.61. The highest BCUT2D eigenvalue weighted by molar-refractivity contribution is 7.14. The van der Waals surface area contributed by atoms with E-state index >= 15 is 0 Å². The van der Waals surface area contributed by atoms with Crippen LogP contribution in [0.2, 0.25) is 0 Å². The van der Waals surface area contributed by atoms with Gasteiger partial charge in [-0.2, -0.15) is 5.10 Å². The lowest BCUT2D eigenvalue weighted by molar-refractivity contribution is 0.487. The van der Waals surface area contributed by atoms with Crippen molar-refractivity contribution in [1.29, 1.82) is 0 Å². The summed E-state index contributed by atoms with van der Waals surface area (Å²) in [4.78, 5) is 5.02. The number of fused-ring (bicyclic) bond motifs is 1. The Morgan fingerprint density at radius 3 is 2.30 bits per heavy atom. The maximum absolute atomic E-state index is 5.25. The molecule has 4 aromatic rings. The first-order valence-electron chi connectivity index (χ1n) is 11.6. The van der Waals surface area contributed by atoms with Crippen LogP contribution in [0.3, 0.4) is 0 Å². The van der Waals surface area contributed by atoms with Crippen molar-refractivity contribution in [3.8, 4) is 11.3 Å². The van der Waals surface area contributed by atoms with Crippen molar-refractivity contribution in [3.63, 3.8) is 0 Å². The van der Waals surface area contributed by atoms with Crippen molar-refractivity contribution in [3.05, 3.63) is 113 Å². The van der Waals surface area contributed by atoms with E-state index in [9.17, 15) is 0 Å². The van der Waals surface area contributed by atoms with Gasteiger partial charge in [-0.3, -0.25) is 0 Å². The van der Waals surface area contributed by atoms with Gasteiger partial charge in [0, 0.05) is 16.9 Å². The van der Waals surface area contributed by atoms with E-state index in [4.69, 9.17) is 10.1 Å². The zero-order valence-electron chi connectivity index (χ0n) is 18.3. The fourth-order valence-corrected chi connectivity index (χ4v) is 5.82. The van der Waals surface area contributed by atoms with Gasteiger partial charge in [-0.15, -0.1) is 11.3 Å². The highest BCUT2D eigenvalue weighted by atomic mass is 32.1. The summed E-state index contributed by atoms with van der Waals surface area (Å²) in [7, 11) is 0. The third-order valence-corrected chi connectivity index (χ3v) is 7.37. The fraction of sp³-hybridized carbons (Fsp3) is 0.172. The smallest absolute Gasteiger partial charge is 0.207 e. The summed E-state index contributed by atoms with van der Waals surface area (Å²) in [5.74, 6) is 0.375. The molecule has 2 aliphatic rings. The Hall–Kier alpha value is -3.50. The quantitative estimate of drug-likeness (QED) is 0.322. The van der Waals surface area contributed by atoms with E-state index in [1.165, 1.54) is 28.8 Å². The molecule has 3 aromatic carbocycles. The van der Waals surface area contributed by atoms with Gasteiger partial charge in [0.05, 0.1) is 17.4 Å². The van der Waals surface area contributed by atoms with Gasteiger partial charge in [-0.25, -0.2) is 9.99 Å². The van der Waals surface area contributed by atoms with Crippen LogP contribution in [-0.4, -0.2) is 10.7 Å². The van der Waals surface area contributed by atoms with Gasteiger partial charge in [0.2, 0.25) is 5.13 Å². The number of nitrogens with zero attached hydrogens (tertiary/aromatic N) is 3. The van der Waals surface area contributed by atoms with Gasteiger partial charge < -0.3 is 0 Å². The van der Waals surface area contributed by atoms with Crippen molar-refractivity contribution >= 4 is 28.3 Å². The second kappa shape index (κ2) is 8.80. The predicted molar refractivity (Wildman–Crippen MR) is 138 cm³/mol. The molecule has 0 bridgehead atoms. The molecule has 162 valence electrons. The largest absolute Gasteiger partial charge is 0.231 e. The van der Waals surface area contributed by atoms with Crippen LogP contribution in [0.5, 0.6) is 0 Å². The van der Waals surface area contributed by atoms with Crippen LogP contribution >= 0.6 is 11.3 Å². The molecule has 4 heteroatoms. The van der Waals surface area contributed by atoms with Gasteiger partial charge in [0.1, 0.15) is 0 Å². The Kier molecular flexibility index (Phi) is 5.37. The van der Waals surface area contributed by atoms with Gasteiger partial charge in [0.15, 0.2) is 0 Å². The van der Waals surface area contributed by atoms with Crippen molar-refractivity contribution in [2.24, 2.45) is 11.0 Å². The van der Waals surface area contributed by atoms with E-state index in [2.05, 4.69) is 101 Å². The zero-order chi connectivity index (χ0) is 22.0. The number of rotatable bonds is 4. The molecule has 1 fully saturated rings. The maximum atomic E-state index is 5.25. The fourth-order valence-electron chi connectivity index (χ4n) is 5.00. The molecule has 2 atom stereocenters. The Morgan fingerprint density at radius 1 is 0.848 bits per heavy atom. The topological polar surface area (TPSA) is 28.5 Å². The highest BCUT2D eigenvalue weighted by Crippen LogP contribution is 2.47. The molecule has 1 saturated carbocycles. The first-order valence-corrected chi connectivity index (χ1v) is 12.4. The first kappa shape index (κ1) is 20.1. The lowest BCUT2D eigenvalue weighted by atomic mass is 9.77. The lowest BCUT2D eigenvalue weighted by Gasteiger charge is -2.29. The summed E-state index contributed by atoms with van der Waals surface area (Å²) < 4.78 is 0. The van der Waals surface area contributed by atoms with Crippen molar-refractivity contribution in [2.75, 3.05) is 5.01 Å². The average molecular weight is 448 g/mol. The van der Waals surface area contributed by atoms with Crippen molar-refractivity contribution < 1.29 is 0 Å². The molecule has 0 saturated heterocycles. The molecule has 0 N–H and O–H groups in total. The standard InChI is InChI=1S/C29H25N3S/c1-4-11-21(12-5-1)19-24-17-10-18-25-27(24)31-32(28(25)23-15-8-3-9-16-23)29-30-26(20-33-29)22-13-6-2-7-14-22/h1-9,11-16,19-20,25,28H,10,17-18H2/b24-19+/t25-,28+/m1/s1. The molecule has 3 nitrogen and oxygen atoms in total. The van der Waals surface area contributed by atoms with E-state index in [1.54, 1.807) is 11.3 Å². The van der Waals surface area contributed by atoms with Crippen LogP contribution in [0.25, 0.3) is 17.3 Å². The Bertz CT molecular complexity index is 1290. The van der Waals surface area contributed by atoms with Crippen LogP contribution in [-0.2, 0) is 0 Å². The minimum absolute atomic E-state index is 0.176. The number of hydrazone groups is 1. The Labute approximate surface area is 198 Å². The maximum Gasteiger partial charge on any atom is 0.207 e. The molecule has 0 radical (unpaired) electrons. The molecule has 2 heterocycles. The normalized spacial score (nSPS) is 21.2. The van der Waals surface area contributed by atoms with Crippen LogP contribution < -0.4 is 5.01 Å². The molecule has 0 amide bonds. The molecular formula is C29H25N3S. The Morgan fingerprint density at radius 2 is 1.55 bits per heavy atom. The van der Waals surface area contributed by atoms with Crippen molar-refractivity contribution in [2.45, 2.75) is 25.3 Å². The number of anilines is 1. The van der Waals surface area contributed by atoms with Crippen LogP contribution in [0.1, 0.15) is 36.4 Å². The molecule has 1 aromatic heterocycles. The van der Waals surface area contributed by atoms with E-state index in [-0.39, 0.29) is 6.04 Å². The van der Waals surface area contributed by atoms with Crippen LogP contribution in [0, 0.1) is 5.92 Å². The van der Waals surface area contributed by atoms with Gasteiger partial charge in [0.25, 0.3) is 0 Å². The highest BCUT2D eigenvalue weighted by Gasteiger charge is 2.42. The summed E-state index contributed by atoms with van der Waals surface area (Å²) in [6, 6.07) is 32.0. The lowest BCUT2D eigenvalue weighted by Crippen LogP contribution is -2.28. The zero-order valence-corrected chi connectivity index (χ0v) is 19.2. The number of benzene rings is 3. The van der Waals surface area contributed by atoms with E-state index in [0.29, 0.717) is 5.92 Å². The van der Waals surface area contributed by atoms with Gasteiger partial charge in [-0.05, 0) is 42.0 Å².